The molecule has 0 radical (unpaired) electrons. The lowest BCUT2D eigenvalue weighted by molar-refractivity contribution is -0.298. The van der Waals surface area contributed by atoms with E-state index in [2.05, 4.69) is 40.7 Å². The molecule has 0 aromatic heterocycles. The van der Waals surface area contributed by atoms with E-state index in [1.54, 1.807) is 0 Å². The quantitative estimate of drug-likeness (QED) is 0.177. The van der Waals surface area contributed by atoms with Gasteiger partial charge in [-0.2, -0.15) is 0 Å². The first-order valence-electron chi connectivity index (χ1n) is 17.5. The van der Waals surface area contributed by atoms with Gasteiger partial charge < -0.3 is 45.2 Å². The van der Waals surface area contributed by atoms with Crippen LogP contribution in [0.2, 0.25) is 0 Å². The molecule has 7 N–H and O–H groups in total. The lowest BCUT2D eigenvalue weighted by Crippen LogP contribution is -2.68. The van der Waals surface area contributed by atoms with Gasteiger partial charge >= 0.3 is 5.97 Å². The Kier molecular flexibility index (Phi) is 8.27. The maximum absolute atomic E-state index is 14.4. The number of hydrogen-bond donors (Lipinski definition) is 7. The van der Waals surface area contributed by atoms with Gasteiger partial charge in [-0.15, -0.1) is 0 Å². The van der Waals surface area contributed by atoms with Crippen molar-refractivity contribution in [2.75, 3.05) is 6.61 Å². The van der Waals surface area contributed by atoms with E-state index >= 15 is 0 Å². The fourth-order valence-electron chi connectivity index (χ4n) is 12.1. The molecule has 10 nitrogen and oxygen atoms in total. The van der Waals surface area contributed by atoms with E-state index in [0.717, 1.165) is 24.8 Å². The fourth-order valence-corrected chi connectivity index (χ4v) is 12.1. The van der Waals surface area contributed by atoms with Crippen molar-refractivity contribution in [3.05, 3.63) is 11.6 Å². The lowest BCUT2D eigenvalue weighted by atomic mass is 9.33. The van der Waals surface area contributed by atoms with Crippen LogP contribution < -0.4 is 0 Å². The number of ether oxygens (including phenoxy) is 2. The lowest BCUT2D eigenvalue weighted by Gasteiger charge is -2.71. The highest BCUT2D eigenvalue weighted by molar-refractivity contribution is 5.79. The molecular formula is C36H58O10. The van der Waals surface area contributed by atoms with E-state index in [-0.39, 0.29) is 28.1 Å². The molecule has 10 heteroatoms. The summed E-state index contributed by atoms with van der Waals surface area (Å²) in [7, 11) is 0. The molecule has 46 heavy (non-hydrogen) atoms. The molecule has 0 aromatic carbocycles. The maximum atomic E-state index is 14.4. The van der Waals surface area contributed by atoms with Gasteiger partial charge in [-0.1, -0.05) is 60.1 Å². The smallest absolute Gasteiger partial charge is 0.315 e. The number of carbonyl (C=O) groups is 1. The van der Waals surface area contributed by atoms with E-state index in [4.69, 9.17) is 9.47 Å². The molecule has 6 rings (SSSR count). The molecule has 1 saturated heterocycles. The topological polar surface area (TPSA) is 177 Å². The molecule has 15 atom stereocenters. The van der Waals surface area contributed by atoms with Crippen LogP contribution in [0.25, 0.3) is 0 Å². The standard InChI is InChI=1S/C36H58O10/c1-31(2)12-14-36(30(44)46-29-26(41)25(40)24(39)20(17-37)45-29)15-13-34(6)18(23(36)28(31)43)8-9-22-33(5)16-19(38)27(42)32(3,4)21(33)10-11-35(22,34)7/h8,19-29,37-43H,9-17H2,1-7H3/t19-,20-,21+,22-,23+,24-,25+,26-,27+,28-,29+,33+,34-,35-,36+/m1/s1. The highest BCUT2D eigenvalue weighted by Crippen LogP contribution is 2.75. The van der Waals surface area contributed by atoms with E-state index in [1.165, 1.54) is 0 Å². The van der Waals surface area contributed by atoms with Gasteiger partial charge in [0.1, 0.15) is 24.4 Å². The number of rotatable bonds is 3. The summed E-state index contributed by atoms with van der Waals surface area (Å²) in [5.74, 6) is -0.666. The average Bonchev–Trinajstić information content (AvgIpc) is 2.98. The Morgan fingerprint density at radius 2 is 1.50 bits per heavy atom. The van der Waals surface area contributed by atoms with E-state index < -0.39 is 83.8 Å². The van der Waals surface area contributed by atoms with Crippen molar-refractivity contribution in [2.45, 2.75) is 149 Å². The van der Waals surface area contributed by atoms with Gasteiger partial charge in [0.25, 0.3) is 0 Å². The summed E-state index contributed by atoms with van der Waals surface area (Å²) < 4.78 is 11.4. The molecule has 5 fully saturated rings. The van der Waals surface area contributed by atoms with Crippen molar-refractivity contribution < 1.29 is 50.0 Å². The van der Waals surface area contributed by atoms with Crippen LogP contribution in [0.4, 0.5) is 0 Å². The summed E-state index contributed by atoms with van der Waals surface area (Å²) in [6.45, 7) is 14.6. The summed E-state index contributed by atoms with van der Waals surface area (Å²) >= 11 is 0. The summed E-state index contributed by atoms with van der Waals surface area (Å²) in [6, 6.07) is 0. The van der Waals surface area contributed by atoms with Crippen LogP contribution in [0.3, 0.4) is 0 Å². The second-order valence-electron chi connectivity index (χ2n) is 18.0. The highest BCUT2D eigenvalue weighted by Gasteiger charge is 2.71. The Hall–Kier alpha value is -1.11. The van der Waals surface area contributed by atoms with Crippen molar-refractivity contribution in [1.82, 2.24) is 0 Å². The molecule has 0 unspecified atom stereocenters. The number of aliphatic hydroxyl groups excluding tert-OH is 7. The molecule has 6 aliphatic rings. The molecule has 5 aliphatic carbocycles. The van der Waals surface area contributed by atoms with E-state index in [9.17, 15) is 40.5 Å². The monoisotopic (exact) mass is 650 g/mol. The van der Waals surface area contributed by atoms with Crippen LogP contribution in [-0.2, 0) is 14.3 Å². The van der Waals surface area contributed by atoms with Crippen molar-refractivity contribution in [1.29, 1.82) is 0 Å². The van der Waals surface area contributed by atoms with Crippen molar-refractivity contribution >= 4 is 5.97 Å². The summed E-state index contributed by atoms with van der Waals surface area (Å²) in [4.78, 5) is 14.4. The number of esters is 1. The normalized spacial score (nSPS) is 54.3. The predicted octanol–water partition coefficient (Wildman–Crippen LogP) is 2.43. The number of fused-ring (bicyclic) bond motifs is 7. The van der Waals surface area contributed by atoms with Gasteiger partial charge in [-0.3, -0.25) is 4.79 Å². The van der Waals surface area contributed by atoms with Gasteiger partial charge in [0.2, 0.25) is 6.29 Å². The molecule has 0 spiro atoms. The largest absolute Gasteiger partial charge is 0.432 e. The van der Waals surface area contributed by atoms with E-state index in [1.807, 2.05) is 13.8 Å². The second-order valence-corrected chi connectivity index (χ2v) is 18.0. The Morgan fingerprint density at radius 3 is 2.15 bits per heavy atom. The van der Waals surface area contributed by atoms with Crippen LogP contribution in [-0.4, -0.2) is 97.3 Å². The molecule has 0 amide bonds. The van der Waals surface area contributed by atoms with Gasteiger partial charge in [0.15, 0.2) is 0 Å². The third-order valence-corrected chi connectivity index (χ3v) is 15.3. The van der Waals surface area contributed by atoms with Crippen LogP contribution in [0.1, 0.15) is 99.8 Å². The number of allylic oxidation sites excluding steroid dienone is 1. The van der Waals surface area contributed by atoms with Crippen LogP contribution in [0.15, 0.2) is 11.6 Å². The molecule has 262 valence electrons. The van der Waals surface area contributed by atoms with Crippen LogP contribution in [0, 0.1) is 50.2 Å². The first kappa shape index (κ1) is 34.7. The zero-order chi connectivity index (χ0) is 34.0. The number of carbonyl (C=O) groups excluding carboxylic acids is 1. The fraction of sp³-hybridized carbons (Fsp3) is 0.917. The summed E-state index contributed by atoms with van der Waals surface area (Å²) in [5, 5.41) is 75.3. The van der Waals surface area contributed by atoms with Crippen LogP contribution in [0.5, 0.6) is 0 Å². The van der Waals surface area contributed by atoms with Crippen molar-refractivity contribution in [3.8, 4) is 0 Å². The van der Waals surface area contributed by atoms with Gasteiger partial charge in [-0.05, 0) is 90.3 Å². The summed E-state index contributed by atoms with van der Waals surface area (Å²) in [5.41, 5.74) is -1.64. The van der Waals surface area contributed by atoms with Gasteiger partial charge in [0.05, 0.1) is 30.3 Å². The zero-order valence-corrected chi connectivity index (χ0v) is 28.6. The average molecular weight is 651 g/mol. The minimum atomic E-state index is -1.70. The molecule has 0 aromatic rings. The predicted molar refractivity (Wildman–Crippen MR) is 168 cm³/mol. The minimum Gasteiger partial charge on any atom is -0.432 e. The van der Waals surface area contributed by atoms with E-state index in [0.29, 0.717) is 32.1 Å². The van der Waals surface area contributed by atoms with Crippen molar-refractivity contribution in [2.24, 2.45) is 50.2 Å². The Labute approximate surface area is 273 Å². The molecule has 0 bridgehead atoms. The molecule has 1 aliphatic heterocycles. The van der Waals surface area contributed by atoms with Crippen molar-refractivity contribution in [3.63, 3.8) is 0 Å². The Morgan fingerprint density at radius 1 is 0.848 bits per heavy atom. The maximum Gasteiger partial charge on any atom is 0.315 e. The van der Waals surface area contributed by atoms with Crippen LogP contribution >= 0.6 is 0 Å². The second kappa shape index (κ2) is 10.9. The molecule has 4 saturated carbocycles. The minimum absolute atomic E-state index is 0.185. The van der Waals surface area contributed by atoms with Gasteiger partial charge in [0, 0.05) is 5.92 Å². The zero-order valence-electron chi connectivity index (χ0n) is 28.6. The number of hydrogen-bond acceptors (Lipinski definition) is 10. The third kappa shape index (κ3) is 4.46. The molecular weight excluding hydrogens is 592 g/mol. The first-order chi connectivity index (χ1) is 21.2. The third-order valence-electron chi connectivity index (χ3n) is 15.3. The number of aliphatic hydroxyl groups is 7. The van der Waals surface area contributed by atoms with Gasteiger partial charge in [-0.25, -0.2) is 0 Å². The Balaban J connectivity index is 1.39. The SMILES string of the molecule is CC1(C)CC[C@]2(C(=O)O[C@@H]3O[C@H](CO)[C@@H](O)[C@H](O)[C@H]3O)CC[C@]3(C)C(=CC[C@@H]4[C@@]5(C)C[C@@H](O)[C@H](O)C(C)(C)[C@@H]5CC[C@]43C)[C@H]2[C@H]1O. The molecule has 1 heterocycles. The summed E-state index contributed by atoms with van der Waals surface area (Å²) in [6.07, 6.45) is -2.48. The first-order valence-corrected chi connectivity index (χ1v) is 17.5. The highest BCUT2D eigenvalue weighted by atomic mass is 16.7. The Bertz CT molecular complexity index is 1250.